The minimum absolute atomic E-state index is 0.0272. The summed E-state index contributed by atoms with van der Waals surface area (Å²) >= 11 is 1.47. The van der Waals surface area contributed by atoms with Crippen LogP contribution in [0, 0.1) is 0 Å². The Morgan fingerprint density at radius 2 is 2.14 bits per heavy atom. The summed E-state index contributed by atoms with van der Waals surface area (Å²) in [7, 11) is 0. The number of carbonyl (C=O) groups is 2. The summed E-state index contributed by atoms with van der Waals surface area (Å²) in [6.07, 6.45) is 2.42. The van der Waals surface area contributed by atoms with Gasteiger partial charge in [0.25, 0.3) is 0 Å². The van der Waals surface area contributed by atoms with Gasteiger partial charge >= 0.3 is 0 Å². The summed E-state index contributed by atoms with van der Waals surface area (Å²) in [6.45, 7) is 1.03. The van der Waals surface area contributed by atoms with Gasteiger partial charge in [-0.25, -0.2) is 0 Å². The SMILES string of the molecule is CSCC(=O)N[C@@H]1COCC[C@H]1Oc1ccc(C(N)=O)cc1. The third kappa shape index (κ3) is 4.64. The van der Waals surface area contributed by atoms with E-state index in [1.165, 1.54) is 11.8 Å². The van der Waals surface area contributed by atoms with Crippen LogP contribution in [0.15, 0.2) is 24.3 Å². The van der Waals surface area contributed by atoms with Gasteiger partial charge in [-0.1, -0.05) is 0 Å². The van der Waals surface area contributed by atoms with Crippen LogP contribution in [0.3, 0.4) is 0 Å². The molecule has 0 spiro atoms. The number of benzene rings is 1. The van der Waals surface area contributed by atoms with E-state index in [-0.39, 0.29) is 18.1 Å². The maximum atomic E-state index is 11.7. The standard InChI is InChI=1S/C15H20N2O4S/c1-22-9-14(18)17-12-8-20-7-6-13(12)21-11-4-2-10(3-5-11)15(16)19/h2-5,12-13H,6-9H2,1H3,(H2,16,19)(H,17,18)/t12-,13-/m1/s1. The van der Waals surface area contributed by atoms with Gasteiger partial charge in [-0.2, -0.15) is 11.8 Å². The van der Waals surface area contributed by atoms with Crippen LogP contribution in [0.5, 0.6) is 5.75 Å². The molecule has 0 aromatic heterocycles. The van der Waals surface area contributed by atoms with Gasteiger partial charge in [-0.3, -0.25) is 9.59 Å². The lowest BCUT2D eigenvalue weighted by atomic mass is 10.1. The number of nitrogens with one attached hydrogen (secondary N) is 1. The maximum absolute atomic E-state index is 11.7. The first kappa shape index (κ1) is 16.6. The number of carbonyl (C=O) groups excluding carboxylic acids is 2. The molecular formula is C15H20N2O4S. The van der Waals surface area contributed by atoms with Crippen LogP contribution in [0.25, 0.3) is 0 Å². The highest BCUT2D eigenvalue weighted by atomic mass is 32.2. The van der Waals surface area contributed by atoms with Crippen LogP contribution < -0.4 is 15.8 Å². The van der Waals surface area contributed by atoms with Gasteiger partial charge in [0.05, 0.1) is 25.0 Å². The zero-order valence-electron chi connectivity index (χ0n) is 12.4. The van der Waals surface area contributed by atoms with Gasteiger partial charge in [0.1, 0.15) is 11.9 Å². The van der Waals surface area contributed by atoms with Crippen molar-refractivity contribution in [3.8, 4) is 5.75 Å². The van der Waals surface area contributed by atoms with Crippen molar-refractivity contribution in [2.45, 2.75) is 18.6 Å². The number of nitrogens with two attached hydrogens (primary N) is 1. The number of primary amides is 1. The zero-order chi connectivity index (χ0) is 15.9. The lowest BCUT2D eigenvalue weighted by molar-refractivity contribution is -0.121. The second kappa shape index (κ2) is 8.05. The molecule has 2 rings (SSSR count). The molecule has 120 valence electrons. The van der Waals surface area contributed by atoms with Crippen molar-refractivity contribution in [2.24, 2.45) is 5.73 Å². The average molecular weight is 324 g/mol. The molecule has 2 amide bonds. The summed E-state index contributed by atoms with van der Waals surface area (Å²) < 4.78 is 11.3. The molecular weight excluding hydrogens is 304 g/mol. The minimum Gasteiger partial charge on any atom is -0.488 e. The van der Waals surface area contributed by atoms with Crippen molar-refractivity contribution < 1.29 is 19.1 Å². The van der Waals surface area contributed by atoms with Crippen LogP contribution in [0.4, 0.5) is 0 Å². The van der Waals surface area contributed by atoms with E-state index in [9.17, 15) is 9.59 Å². The summed E-state index contributed by atoms with van der Waals surface area (Å²) in [6, 6.07) is 6.48. The monoisotopic (exact) mass is 324 g/mol. The molecule has 1 saturated heterocycles. The van der Waals surface area contributed by atoms with E-state index < -0.39 is 5.91 Å². The molecule has 7 heteroatoms. The van der Waals surface area contributed by atoms with E-state index in [1.807, 2.05) is 6.26 Å². The molecule has 2 atom stereocenters. The molecule has 1 aliphatic rings. The van der Waals surface area contributed by atoms with Crippen LogP contribution in [0.2, 0.25) is 0 Å². The Kier molecular flexibility index (Phi) is 6.09. The number of ether oxygens (including phenoxy) is 2. The number of thioether (sulfide) groups is 1. The highest BCUT2D eigenvalue weighted by Gasteiger charge is 2.28. The van der Waals surface area contributed by atoms with Crippen molar-refractivity contribution in [1.82, 2.24) is 5.32 Å². The lowest BCUT2D eigenvalue weighted by Gasteiger charge is -2.32. The first-order valence-corrected chi connectivity index (χ1v) is 8.42. The maximum Gasteiger partial charge on any atom is 0.248 e. The van der Waals surface area contributed by atoms with Crippen molar-refractivity contribution >= 4 is 23.6 Å². The van der Waals surface area contributed by atoms with E-state index >= 15 is 0 Å². The Labute approximate surface area is 133 Å². The molecule has 22 heavy (non-hydrogen) atoms. The highest BCUT2D eigenvalue weighted by Crippen LogP contribution is 2.19. The molecule has 1 heterocycles. The Hall–Kier alpha value is -1.73. The third-order valence-electron chi connectivity index (χ3n) is 3.34. The molecule has 1 fully saturated rings. The Bertz CT molecular complexity index is 521. The summed E-state index contributed by atoms with van der Waals surface area (Å²) in [5.74, 6) is 0.554. The van der Waals surface area contributed by atoms with E-state index in [4.69, 9.17) is 15.2 Å². The lowest BCUT2D eigenvalue weighted by Crippen LogP contribution is -2.52. The van der Waals surface area contributed by atoms with Gasteiger partial charge < -0.3 is 20.5 Å². The van der Waals surface area contributed by atoms with Gasteiger partial charge in [-0.15, -0.1) is 0 Å². The second-order valence-corrected chi connectivity index (χ2v) is 5.88. The molecule has 3 N–H and O–H groups in total. The van der Waals surface area contributed by atoms with Crippen LogP contribution in [0.1, 0.15) is 16.8 Å². The molecule has 0 aliphatic carbocycles. The largest absolute Gasteiger partial charge is 0.488 e. The van der Waals surface area contributed by atoms with Gasteiger partial charge in [0.2, 0.25) is 11.8 Å². The van der Waals surface area contributed by atoms with Gasteiger partial charge in [0, 0.05) is 12.0 Å². The topological polar surface area (TPSA) is 90.7 Å². The zero-order valence-corrected chi connectivity index (χ0v) is 13.2. The molecule has 6 nitrogen and oxygen atoms in total. The minimum atomic E-state index is -0.472. The van der Waals surface area contributed by atoms with E-state index in [0.29, 0.717) is 36.7 Å². The van der Waals surface area contributed by atoms with Crippen LogP contribution in [-0.2, 0) is 9.53 Å². The number of hydrogen-bond donors (Lipinski definition) is 2. The Morgan fingerprint density at radius 3 is 2.77 bits per heavy atom. The predicted octanol–water partition coefficient (Wildman–Crippen LogP) is 0.801. The number of hydrogen-bond acceptors (Lipinski definition) is 5. The smallest absolute Gasteiger partial charge is 0.248 e. The third-order valence-corrected chi connectivity index (χ3v) is 3.89. The Morgan fingerprint density at radius 1 is 1.41 bits per heavy atom. The fourth-order valence-corrected chi connectivity index (χ4v) is 2.59. The van der Waals surface area contributed by atoms with Crippen molar-refractivity contribution in [2.75, 3.05) is 25.2 Å². The van der Waals surface area contributed by atoms with E-state index in [2.05, 4.69) is 5.32 Å². The molecule has 0 saturated carbocycles. The highest BCUT2D eigenvalue weighted by molar-refractivity contribution is 7.99. The number of amides is 2. The first-order valence-electron chi connectivity index (χ1n) is 7.02. The predicted molar refractivity (Wildman–Crippen MR) is 85.1 cm³/mol. The quantitative estimate of drug-likeness (QED) is 0.808. The normalized spacial score (nSPS) is 21.1. The summed E-state index contributed by atoms with van der Waals surface area (Å²) in [5.41, 5.74) is 5.64. The first-order chi connectivity index (χ1) is 10.6. The fraction of sp³-hybridized carbons (Fsp3) is 0.467. The summed E-state index contributed by atoms with van der Waals surface area (Å²) in [5, 5.41) is 2.94. The molecule has 1 aromatic carbocycles. The molecule has 0 radical (unpaired) electrons. The van der Waals surface area contributed by atoms with E-state index in [0.717, 1.165) is 0 Å². The van der Waals surface area contributed by atoms with E-state index in [1.54, 1.807) is 24.3 Å². The average Bonchev–Trinajstić information content (AvgIpc) is 2.50. The fourth-order valence-electron chi connectivity index (χ4n) is 2.25. The van der Waals surface area contributed by atoms with Crippen molar-refractivity contribution in [3.63, 3.8) is 0 Å². The van der Waals surface area contributed by atoms with Gasteiger partial charge in [0.15, 0.2) is 0 Å². The summed E-state index contributed by atoms with van der Waals surface area (Å²) in [4.78, 5) is 22.8. The van der Waals surface area contributed by atoms with Crippen LogP contribution >= 0.6 is 11.8 Å². The van der Waals surface area contributed by atoms with Gasteiger partial charge in [-0.05, 0) is 30.5 Å². The van der Waals surface area contributed by atoms with Crippen molar-refractivity contribution in [1.29, 1.82) is 0 Å². The molecule has 0 unspecified atom stereocenters. The number of rotatable bonds is 6. The second-order valence-electron chi connectivity index (χ2n) is 5.02. The molecule has 1 aromatic rings. The molecule has 0 bridgehead atoms. The molecule has 1 aliphatic heterocycles. The van der Waals surface area contributed by atoms with Crippen molar-refractivity contribution in [3.05, 3.63) is 29.8 Å². The van der Waals surface area contributed by atoms with Crippen LogP contribution in [-0.4, -0.2) is 49.2 Å². The Balaban J connectivity index is 1.98.